The molecule has 46 heavy (non-hydrogen) atoms. The molecule has 1 aliphatic rings. The van der Waals surface area contributed by atoms with Gasteiger partial charge >= 0.3 is 0 Å². The highest BCUT2D eigenvalue weighted by Crippen LogP contribution is 2.33. The second-order valence-corrected chi connectivity index (χ2v) is 11.7. The Morgan fingerprint density at radius 2 is 1.13 bits per heavy atom. The van der Waals surface area contributed by atoms with Crippen LogP contribution in [-0.4, -0.2) is 51.2 Å². The van der Waals surface area contributed by atoms with Crippen LogP contribution in [0.25, 0.3) is 5.57 Å². The van der Waals surface area contributed by atoms with Crippen molar-refractivity contribution in [3.63, 3.8) is 0 Å². The summed E-state index contributed by atoms with van der Waals surface area (Å²) in [6, 6.07) is 28.8. The fourth-order valence-electron chi connectivity index (χ4n) is 5.70. The highest BCUT2D eigenvalue weighted by atomic mass is 15.1. The minimum Gasteiger partial charge on any atom is -0.372 e. The topological polar surface area (TPSA) is 9.72 Å². The maximum Gasteiger partial charge on any atom is 0.0366 e. The van der Waals surface area contributed by atoms with Crippen LogP contribution in [0.2, 0.25) is 0 Å². The van der Waals surface area contributed by atoms with E-state index < -0.39 is 0 Å². The Balaban J connectivity index is 0.000000875. The van der Waals surface area contributed by atoms with E-state index in [0.717, 1.165) is 44.8 Å². The molecule has 0 bridgehead atoms. The molecule has 0 saturated heterocycles. The van der Waals surface area contributed by atoms with Crippen LogP contribution in [0.3, 0.4) is 0 Å². The van der Waals surface area contributed by atoms with E-state index in [9.17, 15) is 0 Å². The quantitative estimate of drug-likeness (QED) is 0.167. The van der Waals surface area contributed by atoms with Gasteiger partial charge in [-0.3, -0.25) is 0 Å². The zero-order valence-electron chi connectivity index (χ0n) is 29.5. The number of hydrogen-bond donors (Lipinski definition) is 0. The number of nitrogens with zero attached hydrogens (tertiary/aromatic N) is 3. The van der Waals surface area contributed by atoms with Gasteiger partial charge in [0.1, 0.15) is 0 Å². The standard InChI is InChI=1S/C38H44N2.C5H13N/c1-6-39(7-2)35-26-22-33(23-27-35)37(31-14-11-10-12-15-31)16-13-17-38(32-20-18-30(5)19-21-32)34-24-28-36(29-25-34)40(8-3)9-4;1-4-6(3)5-2/h10-29,32,38H,5-9H2,1-4H3;4-5H2,1-3H3/b17-13-,37-16+;. The Morgan fingerprint density at radius 1 is 0.652 bits per heavy atom. The predicted molar refractivity (Wildman–Crippen MR) is 205 cm³/mol. The van der Waals surface area contributed by atoms with Crippen LogP contribution in [-0.2, 0) is 0 Å². The predicted octanol–water partition coefficient (Wildman–Crippen LogP) is 10.4. The second kappa shape index (κ2) is 19.4. The molecule has 0 heterocycles. The van der Waals surface area contributed by atoms with Crippen molar-refractivity contribution in [3.8, 4) is 0 Å². The lowest BCUT2D eigenvalue weighted by Gasteiger charge is -2.24. The van der Waals surface area contributed by atoms with Crippen LogP contribution in [0.5, 0.6) is 0 Å². The van der Waals surface area contributed by atoms with E-state index in [0.29, 0.717) is 0 Å². The lowest BCUT2D eigenvalue weighted by atomic mass is 9.82. The fraction of sp³-hybridized carbons (Fsp3) is 0.349. The van der Waals surface area contributed by atoms with Crippen molar-refractivity contribution in [3.05, 3.63) is 150 Å². The van der Waals surface area contributed by atoms with Gasteiger partial charge in [-0.25, -0.2) is 0 Å². The lowest BCUT2D eigenvalue weighted by molar-refractivity contribution is 0.373. The van der Waals surface area contributed by atoms with Crippen LogP contribution in [0.4, 0.5) is 11.4 Å². The molecule has 0 saturated carbocycles. The van der Waals surface area contributed by atoms with E-state index in [2.05, 4.69) is 191 Å². The Morgan fingerprint density at radius 3 is 1.59 bits per heavy atom. The minimum atomic E-state index is 0.227. The number of allylic oxidation sites excluding steroid dienone is 8. The third kappa shape index (κ3) is 10.5. The molecule has 0 aromatic heterocycles. The summed E-state index contributed by atoms with van der Waals surface area (Å²) in [6.07, 6.45) is 15.7. The number of rotatable bonds is 14. The van der Waals surface area contributed by atoms with Gasteiger partial charge in [0, 0.05) is 49.4 Å². The first-order chi connectivity index (χ1) is 22.4. The summed E-state index contributed by atoms with van der Waals surface area (Å²) in [5.41, 5.74) is 8.58. The highest BCUT2D eigenvalue weighted by molar-refractivity contribution is 5.81. The van der Waals surface area contributed by atoms with Gasteiger partial charge in [-0.15, -0.1) is 0 Å². The number of hydrogen-bond acceptors (Lipinski definition) is 3. The van der Waals surface area contributed by atoms with Crippen molar-refractivity contribution < 1.29 is 0 Å². The molecule has 1 aliphatic carbocycles. The van der Waals surface area contributed by atoms with Crippen molar-refractivity contribution >= 4 is 16.9 Å². The summed E-state index contributed by atoms with van der Waals surface area (Å²) < 4.78 is 0. The minimum absolute atomic E-state index is 0.227. The first kappa shape index (κ1) is 36.4. The van der Waals surface area contributed by atoms with Crippen molar-refractivity contribution in [2.45, 2.75) is 47.5 Å². The molecule has 1 unspecified atom stereocenters. The van der Waals surface area contributed by atoms with Gasteiger partial charge in [0.2, 0.25) is 0 Å². The molecule has 1 atom stereocenters. The molecule has 3 heteroatoms. The molecule has 3 nitrogen and oxygen atoms in total. The molecule has 0 amide bonds. The van der Waals surface area contributed by atoms with E-state index >= 15 is 0 Å². The molecule has 4 rings (SSSR count). The van der Waals surface area contributed by atoms with Gasteiger partial charge in [0.25, 0.3) is 0 Å². The normalized spacial score (nSPS) is 14.0. The first-order valence-electron chi connectivity index (χ1n) is 17.3. The van der Waals surface area contributed by atoms with Gasteiger partial charge < -0.3 is 14.7 Å². The average molecular weight is 616 g/mol. The molecule has 0 N–H and O–H groups in total. The van der Waals surface area contributed by atoms with Crippen LogP contribution < -0.4 is 9.80 Å². The Kier molecular flexibility index (Phi) is 15.4. The summed E-state index contributed by atoms with van der Waals surface area (Å²) in [5.74, 6) is 0.507. The number of benzene rings is 3. The Bertz CT molecular complexity index is 1400. The van der Waals surface area contributed by atoms with E-state index in [-0.39, 0.29) is 11.8 Å². The Labute approximate surface area is 281 Å². The lowest BCUT2D eigenvalue weighted by Crippen LogP contribution is -2.21. The van der Waals surface area contributed by atoms with Crippen molar-refractivity contribution in [1.82, 2.24) is 4.90 Å². The second-order valence-electron chi connectivity index (χ2n) is 11.7. The molecule has 0 aliphatic heterocycles. The Hall–Kier alpha value is -4.08. The van der Waals surface area contributed by atoms with Crippen LogP contribution in [0, 0.1) is 5.92 Å². The molecular weight excluding hydrogens is 558 g/mol. The van der Waals surface area contributed by atoms with Gasteiger partial charge in [0.05, 0.1) is 0 Å². The van der Waals surface area contributed by atoms with Crippen LogP contribution >= 0.6 is 0 Å². The summed E-state index contributed by atoms with van der Waals surface area (Å²) in [6.45, 7) is 23.6. The molecule has 3 aromatic rings. The van der Waals surface area contributed by atoms with E-state index in [1.807, 2.05) is 0 Å². The third-order valence-electron chi connectivity index (χ3n) is 8.94. The molecule has 3 aromatic carbocycles. The monoisotopic (exact) mass is 615 g/mol. The van der Waals surface area contributed by atoms with E-state index in [1.165, 1.54) is 33.6 Å². The van der Waals surface area contributed by atoms with Crippen molar-refractivity contribution in [1.29, 1.82) is 0 Å². The number of anilines is 2. The summed E-state index contributed by atoms with van der Waals surface area (Å²) >= 11 is 0. The molecule has 0 radical (unpaired) electrons. The SMILES string of the molecule is C=C1C=CC(C(/C=C\C=C(/c2ccccc2)c2ccc(N(CC)CC)cc2)c2ccc(N(CC)CC)cc2)C=C1.CCN(C)CC. The molecule has 244 valence electrons. The smallest absolute Gasteiger partial charge is 0.0366 e. The first-order valence-corrected chi connectivity index (χ1v) is 17.3. The molecule has 0 fully saturated rings. The van der Waals surface area contributed by atoms with E-state index in [4.69, 9.17) is 0 Å². The zero-order chi connectivity index (χ0) is 33.3. The van der Waals surface area contributed by atoms with Gasteiger partial charge in [-0.05, 0) is 99.9 Å². The van der Waals surface area contributed by atoms with E-state index in [1.54, 1.807) is 0 Å². The zero-order valence-corrected chi connectivity index (χ0v) is 29.5. The fourth-order valence-corrected chi connectivity index (χ4v) is 5.70. The summed E-state index contributed by atoms with van der Waals surface area (Å²) in [4.78, 5) is 7.02. The van der Waals surface area contributed by atoms with Crippen molar-refractivity contribution in [2.75, 3.05) is 56.1 Å². The molecular formula is C43H57N3. The largest absolute Gasteiger partial charge is 0.372 e. The maximum atomic E-state index is 4.10. The highest BCUT2D eigenvalue weighted by Gasteiger charge is 2.18. The summed E-state index contributed by atoms with van der Waals surface area (Å²) in [7, 11) is 2.11. The molecule has 0 spiro atoms. The maximum absolute atomic E-state index is 4.10. The third-order valence-corrected chi connectivity index (χ3v) is 8.94. The average Bonchev–Trinajstić information content (AvgIpc) is 3.11. The summed E-state index contributed by atoms with van der Waals surface area (Å²) in [5, 5.41) is 0. The van der Waals surface area contributed by atoms with Crippen LogP contribution in [0.1, 0.15) is 64.2 Å². The van der Waals surface area contributed by atoms with Gasteiger partial charge in [0.15, 0.2) is 0 Å². The van der Waals surface area contributed by atoms with Gasteiger partial charge in [-0.2, -0.15) is 0 Å². The van der Waals surface area contributed by atoms with Gasteiger partial charge in [-0.1, -0.05) is 118 Å². The van der Waals surface area contributed by atoms with Crippen LogP contribution in [0.15, 0.2) is 134 Å². The van der Waals surface area contributed by atoms with Crippen molar-refractivity contribution in [2.24, 2.45) is 5.92 Å².